The van der Waals surface area contributed by atoms with Gasteiger partial charge in [-0.1, -0.05) is 60.1 Å². The molecular weight excluding hydrogens is 670 g/mol. The minimum atomic E-state index is -2.85. The normalized spacial score (nSPS) is 22.8. The van der Waals surface area contributed by atoms with Crippen molar-refractivity contribution < 1.29 is 24.2 Å². The largest absolute Gasteiger partial charge is 0.432 e. The highest BCUT2D eigenvalue weighted by Gasteiger charge is 2.66. The van der Waals surface area contributed by atoms with Crippen LogP contribution >= 0.6 is 11.6 Å². The van der Waals surface area contributed by atoms with Crippen molar-refractivity contribution in [3.05, 3.63) is 112 Å². The number of nitrogens with zero attached hydrogens (tertiary/aromatic N) is 5. The molecule has 0 unspecified atom stereocenters. The Kier molecular flexibility index (Phi) is 7.96. The molecule has 4 atom stereocenters. The van der Waals surface area contributed by atoms with Crippen molar-refractivity contribution in [2.24, 2.45) is 5.92 Å². The second-order valence-corrected chi connectivity index (χ2v) is 18.5. The van der Waals surface area contributed by atoms with Gasteiger partial charge in [0.15, 0.2) is 13.9 Å². The second kappa shape index (κ2) is 12.1. The number of ether oxygens (including phenoxy) is 1. The van der Waals surface area contributed by atoms with E-state index in [1.54, 1.807) is 20.5 Å². The van der Waals surface area contributed by atoms with Gasteiger partial charge in [0.1, 0.15) is 0 Å². The summed E-state index contributed by atoms with van der Waals surface area (Å²) >= 11 is 6.58. The summed E-state index contributed by atoms with van der Waals surface area (Å²) in [5.41, 5.74) is 3.77. The molecule has 3 aliphatic heterocycles. The average molecular weight is 708 g/mol. The highest BCUT2D eigenvalue weighted by Crippen LogP contribution is 2.60. The smallest absolute Gasteiger partial charge is 0.264 e. The maximum atomic E-state index is 14.8. The molecule has 10 nitrogen and oxygen atoms in total. The molecule has 1 saturated heterocycles. The zero-order valence-corrected chi connectivity index (χ0v) is 29.8. The first-order valence-corrected chi connectivity index (χ1v) is 20.4. The highest BCUT2D eigenvalue weighted by atomic mass is 35.5. The molecule has 8 rings (SSSR count). The van der Waals surface area contributed by atoms with Crippen LogP contribution in [0.3, 0.4) is 0 Å². The number of aryl methyl sites for hydroxylation is 1. The predicted molar refractivity (Wildman–Crippen MR) is 194 cm³/mol. The van der Waals surface area contributed by atoms with Crippen molar-refractivity contribution in [1.82, 2.24) is 15.0 Å². The summed E-state index contributed by atoms with van der Waals surface area (Å²) in [6.07, 6.45) is 2.34. The van der Waals surface area contributed by atoms with Crippen LogP contribution in [0, 0.1) is 5.92 Å². The van der Waals surface area contributed by atoms with Crippen molar-refractivity contribution in [3.63, 3.8) is 0 Å². The Morgan fingerprint density at radius 3 is 2.50 bits per heavy atom. The van der Waals surface area contributed by atoms with Crippen LogP contribution in [-0.2, 0) is 34.6 Å². The number of aliphatic hydroxyl groups excluding tert-OH is 1. The van der Waals surface area contributed by atoms with E-state index in [-0.39, 0.29) is 36.4 Å². The molecule has 0 saturated carbocycles. The molecule has 1 aromatic heterocycles. The Hall–Kier alpha value is -4.39. The van der Waals surface area contributed by atoms with Crippen molar-refractivity contribution >= 4 is 59.6 Å². The van der Waals surface area contributed by atoms with Crippen LogP contribution in [0.15, 0.2) is 85.1 Å². The lowest BCUT2D eigenvalue weighted by molar-refractivity contribution is -0.146. The van der Waals surface area contributed by atoms with Gasteiger partial charge in [-0.3, -0.25) is 19.2 Å². The number of aliphatic hydroxyl groups is 1. The molecular formula is C38H38ClN5O5Si. The number of anilines is 3. The fourth-order valence-corrected chi connectivity index (χ4v) is 11.3. The summed E-state index contributed by atoms with van der Waals surface area (Å²) in [5, 5.41) is 20.1. The number of fused-ring (bicyclic) bond motifs is 2. The third kappa shape index (κ3) is 5.10. The molecule has 2 amide bonds. The van der Waals surface area contributed by atoms with Crippen LogP contribution < -0.4 is 9.80 Å². The first-order valence-electron chi connectivity index (χ1n) is 17.0. The molecule has 0 radical (unpaired) electrons. The maximum absolute atomic E-state index is 14.8. The zero-order chi connectivity index (χ0) is 34.9. The Balaban J connectivity index is 1.09. The lowest BCUT2D eigenvalue weighted by atomic mass is 9.82. The molecule has 1 fully saturated rings. The monoisotopic (exact) mass is 707 g/mol. The van der Waals surface area contributed by atoms with Crippen molar-refractivity contribution in [2.45, 2.75) is 63.2 Å². The van der Waals surface area contributed by atoms with Crippen LogP contribution in [0.5, 0.6) is 0 Å². The molecule has 2 N–H and O–H groups in total. The average Bonchev–Trinajstić information content (AvgIpc) is 3.81. The van der Waals surface area contributed by atoms with Gasteiger partial charge < -0.3 is 19.5 Å². The number of carbonyl (C=O) groups excluding carboxylic acids is 2. The van der Waals surface area contributed by atoms with Crippen molar-refractivity contribution in [1.29, 1.82) is 0 Å². The van der Waals surface area contributed by atoms with E-state index in [9.17, 15) is 19.5 Å². The lowest BCUT2D eigenvalue weighted by Gasteiger charge is -2.32. The van der Waals surface area contributed by atoms with E-state index in [0.29, 0.717) is 41.2 Å². The summed E-state index contributed by atoms with van der Waals surface area (Å²) in [6, 6.07) is 25.0. The third-order valence-corrected chi connectivity index (χ3v) is 13.4. The number of aromatic nitrogens is 3. The van der Waals surface area contributed by atoms with Crippen molar-refractivity contribution in [2.75, 3.05) is 16.4 Å². The van der Waals surface area contributed by atoms with Gasteiger partial charge in [0, 0.05) is 58.9 Å². The summed E-state index contributed by atoms with van der Waals surface area (Å²) in [6.45, 7) is 6.58. The summed E-state index contributed by atoms with van der Waals surface area (Å²) in [4.78, 5) is 43.5. The standard InChI is InChI=1S/C38H38ClN5O5Si/c1-23-35(50(2,3)48)33(16-18-42-22-27(17-19-45)40-41-42)49-38(23)30-20-26(39)12-15-31(30)43(37(38)47)21-24-10-13-28(14-11-24)44-32-9-5-7-25-6-4-8-29(34(25)32)36(44)46/h4-15,20,22-23,33,35,45,48H,16-19,21H2,1-3H3/t23-,33+,35-,38+/m1/s1. The minimum absolute atomic E-state index is 0.00860. The van der Waals surface area contributed by atoms with Crippen LogP contribution in [0.2, 0.25) is 23.7 Å². The maximum Gasteiger partial charge on any atom is 0.264 e. The number of hydrogen-bond acceptors (Lipinski definition) is 7. The van der Waals surface area contributed by atoms with E-state index in [4.69, 9.17) is 16.3 Å². The van der Waals surface area contributed by atoms with E-state index >= 15 is 0 Å². The van der Waals surface area contributed by atoms with Gasteiger partial charge in [-0.05, 0) is 72.9 Å². The predicted octanol–water partition coefficient (Wildman–Crippen LogP) is 6.35. The fraction of sp³-hybridized carbons (Fsp3) is 0.316. The third-order valence-electron chi connectivity index (χ3n) is 10.6. The van der Waals surface area contributed by atoms with E-state index in [0.717, 1.165) is 33.4 Å². The summed E-state index contributed by atoms with van der Waals surface area (Å²) in [7, 11) is -2.85. The number of carbonyl (C=O) groups is 2. The number of hydrogen-bond donors (Lipinski definition) is 2. The summed E-state index contributed by atoms with van der Waals surface area (Å²) < 4.78 is 8.66. The minimum Gasteiger partial charge on any atom is -0.432 e. The van der Waals surface area contributed by atoms with Gasteiger partial charge in [-0.2, -0.15) is 0 Å². The van der Waals surface area contributed by atoms with Gasteiger partial charge in [-0.15, -0.1) is 5.10 Å². The van der Waals surface area contributed by atoms with Crippen LogP contribution in [0.1, 0.15) is 40.5 Å². The molecule has 5 aromatic rings. The van der Waals surface area contributed by atoms with Gasteiger partial charge in [0.25, 0.3) is 11.8 Å². The number of benzene rings is 4. The molecule has 4 aromatic carbocycles. The molecule has 12 heteroatoms. The first-order chi connectivity index (χ1) is 24.0. The van der Waals surface area contributed by atoms with Gasteiger partial charge >= 0.3 is 0 Å². The Morgan fingerprint density at radius 1 is 1.00 bits per heavy atom. The number of rotatable bonds is 9. The van der Waals surface area contributed by atoms with E-state index in [2.05, 4.69) is 10.3 Å². The van der Waals surface area contributed by atoms with Crippen LogP contribution in [0.25, 0.3) is 10.8 Å². The number of halogens is 1. The SMILES string of the molecule is C[C@@H]1[C@@H]([Si](C)(C)O)[C@H](CCn2cc(CCO)nn2)O[C@@]12C(=O)N(Cc1ccc(N3C(=O)c4cccc5cccc3c45)cc1)c1ccc(Cl)cc12. The Bertz CT molecular complexity index is 2140. The van der Waals surface area contributed by atoms with Gasteiger partial charge in [0.05, 0.1) is 35.3 Å². The van der Waals surface area contributed by atoms with E-state index < -0.39 is 20.0 Å². The van der Waals surface area contributed by atoms with Crippen LogP contribution in [0.4, 0.5) is 17.1 Å². The second-order valence-electron chi connectivity index (χ2n) is 14.1. The van der Waals surface area contributed by atoms with Crippen molar-refractivity contribution in [3.8, 4) is 0 Å². The fourth-order valence-electron chi connectivity index (χ4n) is 8.52. The first kappa shape index (κ1) is 32.8. The molecule has 3 aliphatic rings. The molecule has 4 heterocycles. The van der Waals surface area contributed by atoms with Gasteiger partial charge in [0.2, 0.25) is 0 Å². The van der Waals surface area contributed by atoms with Crippen LogP contribution in [-0.4, -0.2) is 57.7 Å². The lowest BCUT2D eigenvalue weighted by Crippen LogP contribution is -2.46. The highest BCUT2D eigenvalue weighted by molar-refractivity contribution is 6.71. The Morgan fingerprint density at radius 2 is 1.76 bits per heavy atom. The summed E-state index contributed by atoms with van der Waals surface area (Å²) in [5.74, 6) is -0.573. The molecule has 256 valence electrons. The molecule has 0 aliphatic carbocycles. The molecule has 1 spiro atoms. The quantitative estimate of drug-likeness (QED) is 0.171. The molecule has 0 bridgehead atoms. The topological polar surface area (TPSA) is 121 Å². The van der Waals surface area contributed by atoms with E-state index in [1.165, 1.54) is 0 Å². The van der Waals surface area contributed by atoms with E-state index in [1.807, 2.05) is 99.0 Å². The Labute approximate surface area is 296 Å². The number of amides is 2. The zero-order valence-electron chi connectivity index (χ0n) is 28.1. The molecule has 50 heavy (non-hydrogen) atoms. The van der Waals surface area contributed by atoms with Gasteiger partial charge in [-0.25, -0.2) is 0 Å².